The van der Waals surface area contributed by atoms with Gasteiger partial charge in [0.1, 0.15) is 5.54 Å². The molecule has 0 aromatic carbocycles. The smallest absolute Gasteiger partial charge is 0.329 e. The van der Waals surface area contributed by atoms with Crippen molar-refractivity contribution in [2.24, 2.45) is 0 Å². The number of carbonyl (C=O) groups is 2. The summed E-state index contributed by atoms with van der Waals surface area (Å²) in [6.07, 6.45) is 3.79. The molecule has 0 atom stereocenters. The van der Waals surface area contributed by atoms with Gasteiger partial charge in [0.05, 0.1) is 4.88 Å². The SMILES string of the molecule is O=C(NC1(C(=O)O)CCCCC1)c1cc2sccc2s1. The lowest BCUT2D eigenvalue weighted by atomic mass is 9.81. The zero-order chi connectivity index (χ0) is 14.2. The van der Waals surface area contributed by atoms with E-state index in [9.17, 15) is 14.7 Å². The van der Waals surface area contributed by atoms with Gasteiger partial charge in [-0.2, -0.15) is 0 Å². The van der Waals surface area contributed by atoms with Gasteiger partial charge < -0.3 is 10.4 Å². The van der Waals surface area contributed by atoms with Gasteiger partial charge >= 0.3 is 5.97 Å². The van der Waals surface area contributed by atoms with Gasteiger partial charge in [-0.25, -0.2) is 4.79 Å². The molecule has 2 aromatic rings. The molecule has 6 heteroatoms. The van der Waals surface area contributed by atoms with E-state index in [-0.39, 0.29) is 5.91 Å². The molecule has 1 aliphatic rings. The Morgan fingerprint density at radius 3 is 2.60 bits per heavy atom. The molecule has 2 N–H and O–H groups in total. The monoisotopic (exact) mass is 309 g/mol. The van der Waals surface area contributed by atoms with Crippen LogP contribution in [0.3, 0.4) is 0 Å². The number of rotatable bonds is 3. The molecule has 1 aliphatic carbocycles. The molecule has 0 unspecified atom stereocenters. The third kappa shape index (κ3) is 2.33. The summed E-state index contributed by atoms with van der Waals surface area (Å²) < 4.78 is 2.15. The predicted molar refractivity (Wildman–Crippen MR) is 80.6 cm³/mol. The number of amides is 1. The fourth-order valence-corrected chi connectivity index (χ4v) is 4.71. The molecule has 1 amide bonds. The second kappa shape index (κ2) is 5.18. The minimum Gasteiger partial charge on any atom is -0.480 e. The summed E-state index contributed by atoms with van der Waals surface area (Å²) in [7, 11) is 0. The molecule has 0 spiro atoms. The average Bonchev–Trinajstić information content (AvgIpc) is 3.00. The van der Waals surface area contributed by atoms with Crippen LogP contribution in [0, 0.1) is 0 Å². The molecule has 0 aliphatic heterocycles. The Balaban J connectivity index is 1.83. The van der Waals surface area contributed by atoms with Gasteiger partial charge in [-0.3, -0.25) is 4.79 Å². The molecule has 106 valence electrons. The standard InChI is InChI=1S/C14H15NO3S2/c16-12(11-8-10-9(20-11)4-7-19-10)15-14(13(17)18)5-2-1-3-6-14/h4,7-8H,1-3,5-6H2,(H,15,16)(H,17,18). The normalized spacial score (nSPS) is 18.0. The summed E-state index contributed by atoms with van der Waals surface area (Å²) in [6, 6.07) is 3.83. The van der Waals surface area contributed by atoms with E-state index in [1.54, 1.807) is 11.3 Å². The van der Waals surface area contributed by atoms with Crippen LogP contribution in [0.5, 0.6) is 0 Å². The number of hydrogen-bond donors (Lipinski definition) is 2. The van der Waals surface area contributed by atoms with Crippen LogP contribution in [0.1, 0.15) is 41.8 Å². The molecule has 0 saturated heterocycles. The fraction of sp³-hybridized carbons (Fsp3) is 0.429. The van der Waals surface area contributed by atoms with Crippen LogP contribution in [0.15, 0.2) is 17.5 Å². The Kier molecular flexibility index (Phi) is 3.52. The first-order chi connectivity index (χ1) is 9.61. The Morgan fingerprint density at radius 1 is 1.20 bits per heavy atom. The summed E-state index contributed by atoms with van der Waals surface area (Å²) in [5.41, 5.74) is -1.08. The molecule has 0 bridgehead atoms. The lowest BCUT2D eigenvalue weighted by Crippen LogP contribution is -2.55. The zero-order valence-corrected chi connectivity index (χ0v) is 12.5. The molecular formula is C14H15NO3S2. The number of carboxylic acids is 1. The van der Waals surface area contributed by atoms with Crippen molar-refractivity contribution in [2.45, 2.75) is 37.6 Å². The number of carboxylic acid groups (broad SMARTS) is 1. The maximum Gasteiger partial charge on any atom is 0.329 e. The molecule has 2 aromatic heterocycles. The lowest BCUT2D eigenvalue weighted by Gasteiger charge is -2.33. The quantitative estimate of drug-likeness (QED) is 0.912. The van der Waals surface area contributed by atoms with E-state index >= 15 is 0 Å². The van der Waals surface area contributed by atoms with Gasteiger partial charge in [0.25, 0.3) is 5.91 Å². The second-order valence-electron chi connectivity index (χ2n) is 5.16. The molecular weight excluding hydrogens is 294 g/mol. The second-order valence-corrected chi connectivity index (χ2v) is 7.19. The van der Waals surface area contributed by atoms with E-state index in [0.717, 1.165) is 28.7 Å². The average molecular weight is 309 g/mol. The minimum absolute atomic E-state index is 0.261. The van der Waals surface area contributed by atoms with Crippen molar-refractivity contribution < 1.29 is 14.7 Å². The molecule has 4 nitrogen and oxygen atoms in total. The van der Waals surface area contributed by atoms with Gasteiger partial charge in [0.2, 0.25) is 0 Å². The van der Waals surface area contributed by atoms with Crippen molar-refractivity contribution >= 4 is 43.9 Å². The van der Waals surface area contributed by atoms with Gasteiger partial charge in [0, 0.05) is 9.40 Å². The van der Waals surface area contributed by atoms with Gasteiger partial charge in [-0.1, -0.05) is 19.3 Å². The van der Waals surface area contributed by atoms with Crippen molar-refractivity contribution in [3.8, 4) is 0 Å². The van der Waals surface area contributed by atoms with E-state index in [0.29, 0.717) is 17.7 Å². The Labute approximate surface area is 124 Å². The zero-order valence-electron chi connectivity index (χ0n) is 10.8. The molecule has 3 rings (SSSR count). The largest absolute Gasteiger partial charge is 0.480 e. The maximum absolute atomic E-state index is 12.3. The van der Waals surface area contributed by atoms with Crippen molar-refractivity contribution in [1.29, 1.82) is 0 Å². The Bertz CT molecular complexity index is 624. The molecule has 20 heavy (non-hydrogen) atoms. The Hall–Kier alpha value is -1.40. The number of carbonyl (C=O) groups excluding carboxylic acids is 1. The maximum atomic E-state index is 12.3. The Morgan fingerprint density at radius 2 is 1.95 bits per heavy atom. The van der Waals surface area contributed by atoms with Crippen LogP contribution in [0.4, 0.5) is 0 Å². The highest BCUT2D eigenvalue weighted by molar-refractivity contribution is 7.27. The topological polar surface area (TPSA) is 66.4 Å². The number of aliphatic carboxylic acids is 1. The van der Waals surface area contributed by atoms with Crippen LogP contribution in [0.25, 0.3) is 9.40 Å². The summed E-state index contributed by atoms with van der Waals surface area (Å²) in [5.74, 6) is -1.17. The van der Waals surface area contributed by atoms with Gasteiger partial charge in [0.15, 0.2) is 0 Å². The van der Waals surface area contributed by atoms with E-state index < -0.39 is 11.5 Å². The summed E-state index contributed by atoms with van der Waals surface area (Å²) in [6.45, 7) is 0. The first-order valence-corrected chi connectivity index (χ1v) is 8.33. The van der Waals surface area contributed by atoms with E-state index in [1.807, 2.05) is 17.5 Å². The first-order valence-electron chi connectivity index (χ1n) is 6.64. The number of nitrogens with one attached hydrogen (secondary N) is 1. The van der Waals surface area contributed by atoms with E-state index in [4.69, 9.17) is 0 Å². The van der Waals surface area contributed by atoms with E-state index in [2.05, 4.69) is 5.32 Å². The minimum atomic E-state index is -1.08. The van der Waals surface area contributed by atoms with Crippen LogP contribution in [-0.2, 0) is 4.79 Å². The molecule has 2 heterocycles. The number of fused-ring (bicyclic) bond motifs is 1. The van der Waals surface area contributed by atoms with Crippen LogP contribution >= 0.6 is 22.7 Å². The van der Waals surface area contributed by atoms with E-state index in [1.165, 1.54) is 11.3 Å². The first kappa shape index (κ1) is 13.6. The predicted octanol–water partition coefficient (Wildman–Crippen LogP) is 3.48. The highest BCUT2D eigenvalue weighted by atomic mass is 32.1. The summed E-state index contributed by atoms with van der Waals surface area (Å²) in [5, 5.41) is 14.2. The third-order valence-electron chi connectivity index (χ3n) is 3.83. The lowest BCUT2D eigenvalue weighted by molar-refractivity contribution is -0.145. The van der Waals surface area contributed by atoms with Crippen LogP contribution in [0.2, 0.25) is 0 Å². The highest BCUT2D eigenvalue weighted by Gasteiger charge is 2.41. The van der Waals surface area contributed by atoms with Gasteiger partial charge in [-0.15, -0.1) is 22.7 Å². The highest BCUT2D eigenvalue weighted by Crippen LogP contribution is 2.32. The number of thiophene rings is 2. The molecule has 1 saturated carbocycles. The van der Waals surface area contributed by atoms with Crippen molar-refractivity contribution in [2.75, 3.05) is 0 Å². The van der Waals surface area contributed by atoms with Crippen LogP contribution < -0.4 is 5.32 Å². The van der Waals surface area contributed by atoms with Gasteiger partial charge in [-0.05, 0) is 30.4 Å². The summed E-state index contributed by atoms with van der Waals surface area (Å²) >= 11 is 3.01. The molecule has 1 fully saturated rings. The molecule has 0 radical (unpaired) electrons. The van der Waals surface area contributed by atoms with Crippen molar-refractivity contribution in [1.82, 2.24) is 5.32 Å². The summed E-state index contributed by atoms with van der Waals surface area (Å²) in [4.78, 5) is 24.5. The third-order valence-corrected chi connectivity index (χ3v) is 5.92. The van der Waals surface area contributed by atoms with Crippen molar-refractivity contribution in [3.05, 3.63) is 22.4 Å². The number of hydrogen-bond acceptors (Lipinski definition) is 4. The van der Waals surface area contributed by atoms with Crippen molar-refractivity contribution in [3.63, 3.8) is 0 Å². The fourth-order valence-electron chi connectivity index (χ4n) is 2.70. The van der Waals surface area contributed by atoms with Crippen LogP contribution in [-0.4, -0.2) is 22.5 Å².